The number of amides is 1. The Bertz CT molecular complexity index is 455. The molecule has 0 spiro atoms. The first-order valence-corrected chi connectivity index (χ1v) is 7.05. The summed E-state index contributed by atoms with van der Waals surface area (Å²) in [5.74, 6) is -0.0131. The smallest absolute Gasteiger partial charge is 0.253 e. The van der Waals surface area contributed by atoms with Crippen molar-refractivity contribution in [1.82, 2.24) is 10.6 Å². The van der Waals surface area contributed by atoms with E-state index in [1.807, 2.05) is 18.2 Å². The normalized spacial score (nSPS) is 25.9. The maximum atomic E-state index is 12.3. The molecule has 1 aromatic carbocycles. The number of rotatable bonds is 3. The van der Waals surface area contributed by atoms with Gasteiger partial charge >= 0.3 is 0 Å². The summed E-state index contributed by atoms with van der Waals surface area (Å²) in [5.41, 5.74) is 2.25. The van der Waals surface area contributed by atoms with Gasteiger partial charge in [0.15, 0.2) is 6.10 Å². The van der Waals surface area contributed by atoms with Crippen molar-refractivity contribution in [2.24, 2.45) is 0 Å². The molecule has 2 heterocycles. The molecule has 1 amide bonds. The molecular weight excluding hydrogens is 240 g/mol. The van der Waals surface area contributed by atoms with E-state index in [9.17, 15) is 4.79 Å². The second-order valence-corrected chi connectivity index (χ2v) is 5.24. The lowest BCUT2D eigenvalue weighted by atomic mass is 9.97. The molecule has 1 saturated heterocycles. The highest BCUT2D eigenvalue weighted by Gasteiger charge is 2.27. The van der Waals surface area contributed by atoms with E-state index >= 15 is 0 Å². The van der Waals surface area contributed by atoms with E-state index in [1.165, 1.54) is 12.0 Å². The molecule has 2 unspecified atom stereocenters. The molecule has 0 saturated carbocycles. The molecule has 1 aromatic rings. The Kier molecular flexibility index (Phi) is 3.80. The Hall–Kier alpha value is -1.39. The summed E-state index contributed by atoms with van der Waals surface area (Å²) in [6.45, 7) is 2.38. The Morgan fingerprint density at radius 1 is 1.42 bits per heavy atom. The summed E-state index contributed by atoms with van der Waals surface area (Å²) >= 11 is 0. The SMILES string of the molecule is O=C(NCC1CCCN1)C1OCCc2ccccc21. The Labute approximate surface area is 113 Å². The van der Waals surface area contributed by atoms with Crippen molar-refractivity contribution in [2.75, 3.05) is 19.7 Å². The largest absolute Gasteiger partial charge is 0.363 e. The molecule has 3 rings (SSSR count). The highest BCUT2D eigenvalue weighted by molar-refractivity contribution is 5.82. The first-order chi connectivity index (χ1) is 9.34. The van der Waals surface area contributed by atoms with E-state index in [-0.39, 0.29) is 5.91 Å². The van der Waals surface area contributed by atoms with Gasteiger partial charge in [0.2, 0.25) is 0 Å². The van der Waals surface area contributed by atoms with Gasteiger partial charge < -0.3 is 15.4 Å². The fourth-order valence-electron chi connectivity index (χ4n) is 2.86. The van der Waals surface area contributed by atoms with Crippen molar-refractivity contribution < 1.29 is 9.53 Å². The van der Waals surface area contributed by atoms with Crippen molar-refractivity contribution in [1.29, 1.82) is 0 Å². The van der Waals surface area contributed by atoms with Crippen LogP contribution in [0.5, 0.6) is 0 Å². The Morgan fingerprint density at radius 2 is 2.32 bits per heavy atom. The standard InChI is InChI=1S/C15H20N2O2/c18-15(17-10-12-5-3-8-16-12)14-13-6-2-1-4-11(13)7-9-19-14/h1-2,4,6,12,14,16H,3,5,7-10H2,(H,17,18). The first-order valence-electron chi connectivity index (χ1n) is 7.05. The van der Waals surface area contributed by atoms with Crippen molar-refractivity contribution >= 4 is 5.91 Å². The van der Waals surface area contributed by atoms with E-state index in [0.29, 0.717) is 19.2 Å². The zero-order valence-electron chi connectivity index (χ0n) is 11.0. The Morgan fingerprint density at radius 3 is 3.16 bits per heavy atom. The van der Waals surface area contributed by atoms with Crippen LogP contribution < -0.4 is 10.6 Å². The average Bonchev–Trinajstić information content (AvgIpc) is 2.97. The van der Waals surface area contributed by atoms with Crippen LogP contribution in [0.25, 0.3) is 0 Å². The summed E-state index contributed by atoms with van der Waals surface area (Å²) in [4.78, 5) is 12.3. The summed E-state index contributed by atoms with van der Waals surface area (Å²) in [5, 5.41) is 6.39. The van der Waals surface area contributed by atoms with Crippen LogP contribution >= 0.6 is 0 Å². The molecule has 2 atom stereocenters. The van der Waals surface area contributed by atoms with Gasteiger partial charge in [0.25, 0.3) is 5.91 Å². The van der Waals surface area contributed by atoms with Gasteiger partial charge in [-0.15, -0.1) is 0 Å². The van der Waals surface area contributed by atoms with E-state index < -0.39 is 6.10 Å². The molecule has 4 nitrogen and oxygen atoms in total. The molecule has 102 valence electrons. The summed E-state index contributed by atoms with van der Waals surface area (Å²) < 4.78 is 5.65. The lowest BCUT2D eigenvalue weighted by Gasteiger charge is -2.25. The number of nitrogens with one attached hydrogen (secondary N) is 2. The molecule has 2 N–H and O–H groups in total. The van der Waals surface area contributed by atoms with E-state index in [1.54, 1.807) is 0 Å². The molecule has 0 radical (unpaired) electrons. The molecule has 0 bridgehead atoms. The number of carbonyl (C=O) groups excluding carboxylic acids is 1. The number of carbonyl (C=O) groups is 1. The quantitative estimate of drug-likeness (QED) is 0.857. The fraction of sp³-hybridized carbons (Fsp3) is 0.533. The lowest BCUT2D eigenvalue weighted by molar-refractivity contribution is -0.134. The minimum Gasteiger partial charge on any atom is -0.363 e. The van der Waals surface area contributed by atoms with Crippen molar-refractivity contribution in [3.8, 4) is 0 Å². The Balaban J connectivity index is 1.64. The maximum Gasteiger partial charge on any atom is 0.253 e. The van der Waals surface area contributed by atoms with Crippen LogP contribution in [0.15, 0.2) is 24.3 Å². The number of hydrogen-bond donors (Lipinski definition) is 2. The van der Waals surface area contributed by atoms with E-state index in [4.69, 9.17) is 4.74 Å². The summed E-state index contributed by atoms with van der Waals surface area (Å²) in [6.07, 6.45) is 2.79. The minimum absolute atomic E-state index is 0.0131. The number of ether oxygens (including phenoxy) is 1. The molecule has 0 aromatic heterocycles. The zero-order chi connectivity index (χ0) is 13.1. The molecule has 1 fully saturated rings. The van der Waals surface area contributed by atoms with Crippen molar-refractivity contribution in [2.45, 2.75) is 31.4 Å². The van der Waals surface area contributed by atoms with Gasteiger partial charge in [0, 0.05) is 12.6 Å². The van der Waals surface area contributed by atoms with Crippen LogP contribution in [0.2, 0.25) is 0 Å². The molecule has 2 aliphatic heterocycles. The second kappa shape index (κ2) is 5.72. The monoisotopic (exact) mass is 260 g/mol. The predicted octanol–water partition coefficient (Wildman–Crippen LogP) is 1.17. The fourth-order valence-corrected chi connectivity index (χ4v) is 2.86. The third-order valence-electron chi connectivity index (χ3n) is 3.92. The third kappa shape index (κ3) is 2.80. The molecule has 0 aliphatic carbocycles. The van der Waals surface area contributed by atoms with Crippen LogP contribution in [-0.4, -0.2) is 31.6 Å². The van der Waals surface area contributed by atoms with Gasteiger partial charge in [-0.3, -0.25) is 4.79 Å². The topological polar surface area (TPSA) is 50.4 Å². The zero-order valence-corrected chi connectivity index (χ0v) is 11.0. The van der Waals surface area contributed by atoms with Crippen molar-refractivity contribution in [3.63, 3.8) is 0 Å². The lowest BCUT2D eigenvalue weighted by Crippen LogP contribution is -2.40. The van der Waals surface area contributed by atoms with Crippen LogP contribution in [-0.2, 0) is 16.0 Å². The predicted molar refractivity (Wildman–Crippen MR) is 72.9 cm³/mol. The summed E-state index contributed by atoms with van der Waals surface area (Å²) in [6, 6.07) is 8.47. The van der Waals surface area contributed by atoms with Gasteiger partial charge in [0.05, 0.1) is 6.61 Å². The van der Waals surface area contributed by atoms with E-state index in [2.05, 4.69) is 16.7 Å². The highest BCUT2D eigenvalue weighted by atomic mass is 16.5. The van der Waals surface area contributed by atoms with Gasteiger partial charge in [-0.25, -0.2) is 0 Å². The van der Waals surface area contributed by atoms with Crippen LogP contribution in [0, 0.1) is 0 Å². The van der Waals surface area contributed by atoms with Gasteiger partial charge in [-0.2, -0.15) is 0 Å². The van der Waals surface area contributed by atoms with E-state index in [0.717, 1.165) is 24.9 Å². The number of fused-ring (bicyclic) bond motifs is 1. The second-order valence-electron chi connectivity index (χ2n) is 5.24. The van der Waals surface area contributed by atoms with Crippen molar-refractivity contribution in [3.05, 3.63) is 35.4 Å². The highest BCUT2D eigenvalue weighted by Crippen LogP contribution is 2.26. The third-order valence-corrected chi connectivity index (χ3v) is 3.92. The van der Waals surface area contributed by atoms with Gasteiger partial charge in [-0.05, 0) is 36.9 Å². The van der Waals surface area contributed by atoms with Gasteiger partial charge in [0.1, 0.15) is 0 Å². The molecule has 19 heavy (non-hydrogen) atoms. The summed E-state index contributed by atoms with van der Waals surface area (Å²) in [7, 11) is 0. The minimum atomic E-state index is -0.439. The molecule has 2 aliphatic rings. The molecular formula is C15H20N2O2. The van der Waals surface area contributed by atoms with Crippen LogP contribution in [0.3, 0.4) is 0 Å². The van der Waals surface area contributed by atoms with Crippen LogP contribution in [0.1, 0.15) is 30.1 Å². The average molecular weight is 260 g/mol. The van der Waals surface area contributed by atoms with Crippen LogP contribution in [0.4, 0.5) is 0 Å². The molecule has 4 heteroatoms. The maximum absolute atomic E-state index is 12.3. The number of benzene rings is 1. The number of hydrogen-bond acceptors (Lipinski definition) is 3. The van der Waals surface area contributed by atoms with Gasteiger partial charge in [-0.1, -0.05) is 24.3 Å². The first kappa shape index (κ1) is 12.6.